The molecule has 3 amide bonds. The zero-order valence-electron chi connectivity index (χ0n) is 66.9. The highest BCUT2D eigenvalue weighted by atomic mass is 79.9. The summed E-state index contributed by atoms with van der Waals surface area (Å²) >= 11 is 3.27. The lowest BCUT2D eigenvalue weighted by atomic mass is 9.45. The van der Waals surface area contributed by atoms with Gasteiger partial charge in [0.1, 0.15) is 52.9 Å². The predicted molar refractivity (Wildman–Crippen MR) is 416 cm³/mol. The lowest BCUT2D eigenvalue weighted by Crippen LogP contribution is -2.62. The maximum atomic E-state index is 14.3. The van der Waals surface area contributed by atoms with Crippen molar-refractivity contribution >= 4 is 52.2 Å². The number of nitrogens with zero attached hydrogens (tertiary/aromatic N) is 3. The molecule has 4 aromatic rings. The predicted octanol–water partition coefficient (Wildman–Crippen LogP) is 9.79. The number of aliphatic hydroxyl groups excluding tert-OH is 4. The van der Waals surface area contributed by atoms with Gasteiger partial charge < -0.3 is 74.6 Å². The van der Waals surface area contributed by atoms with E-state index in [1.54, 1.807) is 44.3 Å². The van der Waals surface area contributed by atoms with Gasteiger partial charge in [-0.05, 0) is 180 Å². The number of hydrogen-bond donors (Lipinski definition) is 8. The number of amides is 3. The first-order chi connectivity index (χ1) is 50.7. The van der Waals surface area contributed by atoms with E-state index < -0.39 is 72.6 Å². The number of hydrogen-bond acceptors (Lipinski definition) is 19. The number of carboxylic acid groups (broad SMARTS) is 1. The smallest absolute Gasteiger partial charge is 0.497 e. The average Bonchev–Trinajstić information content (AvgIpc) is 1.44. The minimum atomic E-state index is -0.945. The molecule has 25 heteroatoms. The fourth-order valence-electron chi connectivity index (χ4n) is 19.3. The first-order valence-corrected chi connectivity index (χ1v) is 39.7. The maximum Gasteiger partial charge on any atom is 0.498 e. The molecule has 8 N–H and O–H groups in total. The van der Waals surface area contributed by atoms with Gasteiger partial charge in [0.25, 0.3) is 5.91 Å². The van der Waals surface area contributed by atoms with Crippen LogP contribution in [0.5, 0.6) is 23.0 Å². The number of methoxy groups -OCH3 is 2. The van der Waals surface area contributed by atoms with Crippen molar-refractivity contribution in [2.75, 3.05) is 61.3 Å². The number of aliphatic hydroxyl groups is 4. The molecular weight excluding hydrogens is 1440 g/mol. The third-order valence-electron chi connectivity index (χ3n) is 26.0. The van der Waals surface area contributed by atoms with Crippen LogP contribution in [-0.4, -0.2) is 198 Å². The fourth-order valence-corrected chi connectivity index (χ4v) is 19.8. The Morgan fingerprint density at radius 3 is 1.58 bits per heavy atom. The van der Waals surface area contributed by atoms with Crippen molar-refractivity contribution in [3.63, 3.8) is 0 Å². The van der Waals surface area contributed by atoms with Gasteiger partial charge in [0.2, 0.25) is 11.8 Å². The molecule has 0 radical (unpaired) electrons. The van der Waals surface area contributed by atoms with Gasteiger partial charge in [0, 0.05) is 76.0 Å². The molecular formula is C83H120BBrN6O17. The lowest BCUT2D eigenvalue weighted by molar-refractivity contribution is -0.183. The summed E-state index contributed by atoms with van der Waals surface area (Å²) in [6.07, 6.45) is 3.39. The van der Waals surface area contributed by atoms with Gasteiger partial charge in [0.05, 0.1) is 82.7 Å². The standard InChI is InChI=1S/C43H64N4O7.C31H49BN2O7.C9H7BrO3/c1-24-33-18-29(43(33,6)7)19-34(24)45-41(51)37-36(25(2)49)35(23-48)54-47(37)21-27-12-11-13-31(38(27)52-10)28-16-26-14-15-53-39(26)32(17-28)40(50)44-30(22-46(8)9)20-42(3,4)5;1-17-21-13-20(29(21,3)4)14-23(17)33-28(37)26-25(18(2)36)24(16-35)39-34(26)15-19-11-10-12-22(27(19)38-9)32-40-30(5,6)31(7,8)41-32;10-6-3-5-1-2-13-8(5)7(4-6)9(11)12/h11-13,16-17,24-25,29-30,33-37,48-49H,14-15,18-23H2,1-10H3,(H,44,50)(H,45,51);10-12,17-18,20-21,23-26,35-36H,13-16H2,1-9H3,(H,33,37);3-4H,1-2H2,(H,11,12)/t24-,25-,29+,30-,33-,34-,35-,36+,37-;17-,18-,20+,21-,23-,24-,25+,26-;/m00./s1. The molecule has 3 saturated heterocycles. The SMILES string of the molecule is COc1c(CN2O[C@@H](CO)[C@@H]([C@H](C)O)[C@H]2C(=O)N[C@H]2C[C@H]3C[C@@H]([C@@H]2C)C3(C)C)cccc1-c1cc2c(c(C(=O)N[C@H](CN(C)C)CC(C)(C)C)c1)OCC2.COc1c(CN2O[C@@H](CO)[C@@H]([C@H](C)O)[C@H]2C(=O)N[C@H]2C[C@H]3C[C@@H]([C@@H]2C)C3(C)C)cccc1B1OC(C)(C)C(C)(C)O1.O=C(O)c1cc(Br)cc2c1OCC2. The zero-order chi connectivity index (χ0) is 78.8. The quantitative estimate of drug-likeness (QED) is 0.0340. The average molecular weight is 1560 g/mol. The number of nitrogens with one attached hydrogen (secondary N) is 3. The third-order valence-corrected chi connectivity index (χ3v) is 26.5. The number of para-hydroxylation sites is 2. The second-order valence-corrected chi connectivity index (χ2v) is 36.7. The molecule has 0 aromatic heterocycles. The van der Waals surface area contributed by atoms with E-state index in [1.165, 1.54) is 12.8 Å². The van der Waals surface area contributed by atoms with Crippen molar-refractivity contribution in [3.05, 3.63) is 98.5 Å². The van der Waals surface area contributed by atoms with Crippen LogP contribution in [-0.2, 0) is 54.5 Å². The minimum Gasteiger partial charge on any atom is -0.497 e. The highest BCUT2D eigenvalue weighted by Crippen LogP contribution is 2.62. The minimum absolute atomic E-state index is 0.0268. The monoisotopic (exact) mass is 1560 g/mol. The number of rotatable bonds is 22. The van der Waals surface area contributed by atoms with E-state index in [0.717, 1.165) is 69.0 Å². The number of carboxylic acids is 1. The molecule has 11 aliphatic rings. The molecule has 17 atom stereocenters. The third kappa shape index (κ3) is 16.8. The van der Waals surface area contributed by atoms with Crippen LogP contribution in [0.25, 0.3) is 11.1 Å². The Morgan fingerprint density at radius 1 is 0.676 bits per heavy atom. The molecule has 108 heavy (non-hydrogen) atoms. The van der Waals surface area contributed by atoms with Crippen LogP contribution in [0.2, 0.25) is 0 Å². The Kier molecular flexibility index (Phi) is 25.1. The van der Waals surface area contributed by atoms with Crippen LogP contribution >= 0.6 is 15.9 Å². The maximum absolute atomic E-state index is 14.3. The van der Waals surface area contributed by atoms with Gasteiger partial charge in [-0.15, -0.1) is 0 Å². The highest BCUT2D eigenvalue weighted by molar-refractivity contribution is 9.10. The molecule has 6 aliphatic carbocycles. The number of benzene rings is 4. The van der Waals surface area contributed by atoms with Gasteiger partial charge in [0.15, 0.2) is 0 Å². The number of likely N-dealkylation sites (N-methyl/N-ethyl adjacent to an activating group) is 1. The summed E-state index contributed by atoms with van der Waals surface area (Å²) in [6.45, 7) is 33.3. The summed E-state index contributed by atoms with van der Waals surface area (Å²) in [5.41, 5.74) is 6.19. The molecule has 4 bridgehead atoms. The topological polar surface area (TPSA) is 289 Å². The van der Waals surface area contributed by atoms with Crippen LogP contribution < -0.4 is 40.4 Å². The first-order valence-electron chi connectivity index (χ1n) is 38.9. The molecule has 594 valence electrons. The van der Waals surface area contributed by atoms with Crippen molar-refractivity contribution in [1.29, 1.82) is 0 Å². The van der Waals surface area contributed by atoms with Gasteiger partial charge in [-0.3, -0.25) is 24.1 Å². The van der Waals surface area contributed by atoms with E-state index in [2.05, 4.69) is 105 Å². The van der Waals surface area contributed by atoms with E-state index in [4.69, 9.17) is 43.0 Å². The number of ether oxygens (including phenoxy) is 4. The van der Waals surface area contributed by atoms with E-state index in [9.17, 15) is 39.6 Å². The molecule has 5 aliphatic heterocycles. The van der Waals surface area contributed by atoms with Crippen molar-refractivity contribution in [1.82, 2.24) is 31.0 Å². The van der Waals surface area contributed by atoms with Gasteiger partial charge in [-0.25, -0.2) is 4.79 Å². The molecule has 4 aromatic carbocycles. The van der Waals surface area contributed by atoms with E-state index in [1.807, 2.05) is 90.3 Å². The Hall–Kier alpha value is -5.94. The lowest BCUT2D eigenvalue weighted by Gasteiger charge is -2.62. The number of aromatic carboxylic acids is 1. The second-order valence-electron chi connectivity index (χ2n) is 35.7. The summed E-state index contributed by atoms with van der Waals surface area (Å²) in [7, 11) is 6.63. The van der Waals surface area contributed by atoms with Crippen LogP contribution in [0.1, 0.15) is 179 Å². The van der Waals surface area contributed by atoms with Gasteiger partial charge >= 0.3 is 13.1 Å². The number of halogens is 1. The van der Waals surface area contributed by atoms with Crippen molar-refractivity contribution in [2.45, 2.75) is 228 Å². The van der Waals surface area contributed by atoms with Crippen LogP contribution in [0.3, 0.4) is 0 Å². The van der Waals surface area contributed by atoms with Gasteiger partial charge in [-0.2, -0.15) is 10.1 Å². The second kappa shape index (κ2) is 32.6. The number of hydroxylamine groups is 4. The summed E-state index contributed by atoms with van der Waals surface area (Å²) in [6, 6.07) is 17.5. The normalized spacial score (nSPS) is 29.6. The van der Waals surface area contributed by atoms with Crippen molar-refractivity contribution in [3.8, 4) is 34.1 Å². The van der Waals surface area contributed by atoms with Crippen LogP contribution in [0, 0.1) is 63.6 Å². The molecule has 15 rings (SSSR count). The van der Waals surface area contributed by atoms with Crippen molar-refractivity contribution < 1.29 is 82.6 Å². The largest absolute Gasteiger partial charge is 0.498 e. The molecule has 5 heterocycles. The van der Waals surface area contributed by atoms with Crippen LogP contribution in [0.4, 0.5) is 0 Å². The summed E-state index contributed by atoms with van der Waals surface area (Å²) < 4.78 is 36.7. The Labute approximate surface area is 647 Å². The number of fused-ring (bicyclic) bond motifs is 6. The van der Waals surface area contributed by atoms with Crippen molar-refractivity contribution in [2.24, 2.45) is 63.6 Å². The fraction of sp³-hybridized carbons (Fsp3) is 0.663. The van der Waals surface area contributed by atoms with E-state index >= 15 is 0 Å². The number of carbonyl (C=O) groups excluding carboxylic acids is 3. The summed E-state index contributed by atoms with van der Waals surface area (Å²) in [4.78, 5) is 67.7. The summed E-state index contributed by atoms with van der Waals surface area (Å²) in [5, 5.41) is 64.3. The van der Waals surface area contributed by atoms with Gasteiger partial charge in [-0.1, -0.05) is 115 Å². The Bertz CT molecular complexity index is 3900. The number of carbonyl (C=O) groups is 4. The zero-order valence-corrected chi connectivity index (χ0v) is 68.5. The molecule has 0 unspecified atom stereocenters. The first kappa shape index (κ1) is 83.0. The molecule has 9 fully saturated rings. The Morgan fingerprint density at radius 2 is 1.15 bits per heavy atom. The molecule has 6 saturated carbocycles. The van der Waals surface area contributed by atoms with E-state index in [0.29, 0.717) is 95.7 Å². The molecule has 23 nitrogen and oxygen atoms in total. The summed E-state index contributed by atoms with van der Waals surface area (Å²) in [5.74, 6) is 2.63. The Balaban J connectivity index is 0.000000188. The highest BCUT2D eigenvalue weighted by Gasteiger charge is 2.60. The van der Waals surface area contributed by atoms with E-state index in [-0.39, 0.29) is 78.5 Å². The van der Waals surface area contributed by atoms with Crippen LogP contribution in [0.15, 0.2) is 65.1 Å². The molecule has 0 spiro atoms.